The second kappa shape index (κ2) is 7.33. The lowest BCUT2D eigenvalue weighted by molar-refractivity contribution is 0.296. The van der Waals surface area contributed by atoms with E-state index in [9.17, 15) is 0 Å². The molecule has 0 amide bonds. The smallest absolute Gasteiger partial charge is 0.0387 e. The highest BCUT2D eigenvalue weighted by atomic mass is 15.1. The van der Waals surface area contributed by atoms with Crippen LogP contribution in [0.2, 0.25) is 0 Å². The topological polar surface area (TPSA) is 15.3 Å². The Bertz CT molecular complexity index is 318. The minimum Gasteiger partial charge on any atom is -0.382 e. The lowest BCUT2D eigenvalue weighted by Gasteiger charge is -2.22. The van der Waals surface area contributed by atoms with E-state index >= 15 is 0 Å². The molecule has 2 heteroatoms. The first-order chi connectivity index (χ1) is 8.21. The van der Waals surface area contributed by atoms with Crippen LogP contribution in [-0.2, 0) is 6.54 Å². The zero-order valence-electron chi connectivity index (χ0n) is 11.7. The van der Waals surface area contributed by atoms with E-state index in [4.69, 9.17) is 0 Å². The molecule has 96 valence electrons. The van der Waals surface area contributed by atoms with Crippen LogP contribution in [0.15, 0.2) is 24.3 Å². The van der Waals surface area contributed by atoms with E-state index in [2.05, 4.69) is 62.2 Å². The molecule has 0 aliphatic carbocycles. The average Bonchev–Trinajstić information content (AvgIpc) is 2.37. The minimum atomic E-state index is 0.535. The number of nitrogens with one attached hydrogen (secondary N) is 1. The molecular formula is C15H26N2. The van der Waals surface area contributed by atoms with Gasteiger partial charge >= 0.3 is 0 Å². The second-order valence-electron chi connectivity index (χ2n) is 4.57. The number of benzene rings is 1. The largest absolute Gasteiger partial charge is 0.382 e. The first kappa shape index (κ1) is 14.0. The van der Waals surface area contributed by atoms with Gasteiger partial charge in [-0.2, -0.15) is 0 Å². The van der Waals surface area contributed by atoms with Gasteiger partial charge in [0.15, 0.2) is 0 Å². The van der Waals surface area contributed by atoms with E-state index in [0.29, 0.717) is 6.04 Å². The summed E-state index contributed by atoms with van der Waals surface area (Å²) in [5.74, 6) is 0. The van der Waals surface area contributed by atoms with Gasteiger partial charge in [0.05, 0.1) is 0 Å². The average molecular weight is 234 g/mol. The maximum Gasteiger partial charge on any atom is 0.0387 e. The minimum absolute atomic E-state index is 0.535. The van der Waals surface area contributed by atoms with Crippen LogP contribution >= 0.6 is 0 Å². The Labute approximate surface area is 106 Å². The Balaban J connectivity index is 2.76. The lowest BCUT2D eigenvalue weighted by atomic mass is 10.1. The van der Waals surface area contributed by atoms with Gasteiger partial charge in [0, 0.05) is 18.3 Å². The molecule has 1 rings (SSSR count). The molecule has 1 aromatic rings. The molecule has 0 spiro atoms. The maximum atomic E-state index is 3.59. The summed E-state index contributed by atoms with van der Waals surface area (Å²) in [6.07, 6.45) is 1.15. The van der Waals surface area contributed by atoms with Gasteiger partial charge in [-0.25, -0.2) is 0 Å². The molecule has 1 N–H and O–H groups in total. The van der Waals surface area contributed by atoms with Crippen LogP contribution in [0.3, 0.4) is 0 Å². The number of para-hydroxylation sites is 1. The van der Waals surface area contributed by atoms with Gasteiger partial charge in [-0.1, -0.05) is 39.0 Å². The number of rotatable bonds is 7. The van der Waals surface area contributed by atoms with Crippen molar-refractivity contribution in [3.05, 3.63) is 29.8 Å². The van der Waals surface area contributed by atoms with Gasteiger partial charge in [0.25, 0.3) is 0 Å². The molecule has 2 nitrogen and oxygen atoms in total. The second-order valence-corrected chi connectivity index (χ2v) is 4.57. The van der Waals surface area contributed by atoms with E-state index in [1.807, 2.05) is 0 Å². The molecule has 0 heterocycles. The zero-order chi connectivity index (χ0) is 12.7. The first-order valence-electron chi connectivity index (χ1n) is 6.78. The molecular weight excluding hydrogens is 208 g/mol. The van der Waals surface area contributed by atoms with Crippen LogP contribution in [0.1, 0.15) is 39.7 Å². The van der Waals surface area contributed by atoms with Crippen LogP contribution in [0.25, 0.3) is 0 Å². The molecule has 0 aliphatic heterocycles. The van der Waals surface area contributed by atoms with Crippen molar-refractivity contribution in [1.29, 1.82) is 0 Å². The standard InChI is InChI=1S/C15H26N2/c1-5-13(4)16-15-11-9-8-10-14(15)12-17(6-2)7-3/h8-11,13,16H,5-7,12H2,1-4H3. The first-order valence-corrected chi connectivity index (χ1v) is 6.78. The maximum absolute atomic E-state index is 3.59. The molecule has 0 fully saturated rings. The molecule has 1 atom stereocenters. The SMILES string of the molecule is CCC(C)Nc1ccccc1CN(CC)CC. The summed E-state index contributed by atoms with van der Waals surface area (Å²) in [5, 5.41) is 3.59. The predicted molar refractivity (Wildman–Crippen MR) is 76.4 cm³/mol. The van der Waals surface area contributed by atoms with Gasteiger partial charge in [0.2, 0.25) is 0 Å². The van der Waals surface area contributed by atoms with Gasteiger partial charge in [-0.3, -0.25) is 4.90 Å². The van der Waals surface area contributed by atoms with Gasteiger partial charge in [-0.05, 0) is 38.1 Å². The zero-order valence-corrected chi connectivity index (χ0v) is 11.7. The Hall–Kier alpha value is -1.02. The van der Waals surface area contributed by atoms with E-state index in [1.165, 1.54) is 11.3 Å². The highest BCUT2D eigenvalue weighted by Gasteiger charge is 2.07. The van der Waals surface area contributed by atoms with Crippen molar-refractivity contribution >= 4 is 5.69 Å². The monoisotopic (exact) mass is 234 g/mol. The van der Waals surface area contributed by atoms with Crippen LogP contribution in [-0.4, -0.2) is 24.0 Å². The van der Waals surface area contributed by atoms with Gasteiger partial charge in [-0.15, -0.1) is 0 Å². The summed E-state index contributed by atoms with van der Waals surface area (Å²) >= 11 is 0. The quantitative estimate of drug-likeness (QED) is 0.773. The molecule has 0 bridgehead atoms. The Kier molecular flexibility index (Phi) is 6.06. The van der Waals surface area contributed by atoms with E-state index < -0.39 is 0 Å². The van der Waals surface area contributed by atoms with Crippen LogP contribution < -0.4 is 5.32 Å². The summed E-state index contributed by atoms with van der Waals surface area (Å²) in [7, 11) is 0. The molecule has 0 aromatic heterocycles. The number of nitrogens with zero attached hydrogens (tertiary/aromatic N) is 1. The molecule has 17 heavy (non-hydrogen) atoms. The number of anilines is 1. The number of hydrogen-bond acceptors (Lipinski definition) is 2. The normalized spacial score (nSPS) is 12.8. The third-order valence-electron chi connectivity index (χ3n) is 3.32. The summed E-state index contributed by atoms with van der Waals surface area (Å²) in [4.78, 5) is 2.44. The molecule has 0 saturated carbocycles. The van der Waals surface area contributed by atoms with Crippen LogP contribution in [0, 0.1) is 0 Å². The van der Waals surface area contributed by atoms with Crippen molar-refractivity contribution in [3.63, 3.8) is 0 Å². The summed E-state index contributed by atoms with van der Waals surface area (Å²) in [6, 6.07) is 9.18. The summed E-state index contributed by atoms with van der Waals surface area (Å²) in [5.41, 5.74) is 2.69. The molecule has 1 aromatic carbocycles. The molecule has 1 unspecified atom stereocenters. The van der Waals surface area contributed by atoms with Crippen molar-refractivity contribution in [3.8, 4) is 0 Å². The van der Waals surface area contributed by atoms with E-state index in [-0.39, 0.29) is 0 Å². The van der Waals surface area contributed by atoms with Crippen molar-refractivity contribution < 1.29 is 0 Å². The Morgan fingerprint density at radius 1 is 1.12 bits per heavy atom. The van der Waals surface area contributed by atoms with Crippen molar-refractivity contribution in [2.75, 3.05) is 18.4 Å². The van der Waals surface area contributed by atoms with Crippen molar-refractivity contribution in [2.24, 2.45) is 0 Å². The Morgan fingerprint density at radius 2 is 1.76 bits per heavy atom. The fraction of sp³-hybridized carbons (Fsp3) is 0.600. The fourth-order valence-electron chi connectivity index (χ4n) is 1.85. The highest BCUT2D eigenvalue weighted by molar-refractivity contribution is 5.51. The van der Waals surface area contributed by atoms with E-state index in [0.717, 1.165) is 26.1 Å². The van der Waals surface area contributed by atoms with E-state index in [1.54, 1.807) is 0 Å². The third-order valence-corrected chi connectivity index (χ3v) is 3.32. The summed E-state index contributed by atoms with van der Waals surface area (Å²) < 4.78 is 0. The number of hydrogen-bond donors (Lipinski definition) is 1. The predicted octanol–water partition coefficient (Wildman–Crippen LogP) is 3.74. The lowest BCUT2D eigenvalue weighted by Crippen LogP contribution is -2.23. The van der Waals surface area contributed by atoms with Gasteiger partial charge < -0.3 is 5.32 Å². The molecule has 0 aliphatic rings. The van der Waals surface area contributed by atoms with Crippen molar-refractivity contribution in [2.45, 2.75) is 46.7 Å². The van der Waals surface area contributed by atoms with Crippen molar-refractivity contribution in [1.82, 2.24) is 4.90 Å². The van der Waals surface area contributed by atoms with Gasteiger partial charge in [0.1, 0.15) is 0 Å². The van der Waals surface area contributed by atoms with Crippen LogP contribution in [0.4, 0.5) is 5.69 Å². The van der Waals surface area contributed by atoms with Crippen LogP contribution in [0.5, 0.6) is 0 Å². The summed E-state index contributed by atoms with van der Waals surface area (Å²) in [6.45, 7) is 12.1. The third kappa shape index (κ3) is 4.39. The fourth-order valence-corrected chi connectivity index (χ4v) is 1.85. The molecule has 0 radical (unpaired) electrons. The molecule has 0 saturated heterocycles. The highest BCUT2D eigenvalue weighted by Crippen LogP contribution is 2.18. The Morgan fingerprint density at radius 3 is 2.35 bits per heavy atom.